The number of rotatable bonds is 4. The SMILES string of the molecule is Cc1cc([N+](=O)[O-])cc(C=Nc2ccc3oc(-c4ccccc4Cl)nc3c2)c1O. The second-order valence-corrected chi connectivity index (χ2v) is 6.77. The third-order valence-corrected chi connectivity index (χ3v) is 4.68. The van der Waals surface area contributed by atoms with Crippen LogP contribution in [0, 0.1) is 17.0 Å². The van der Waals surface area contributed by atoms with Crippen molar-refractivity contribution in [3.63, 3.8) is 0 Å². The predicted octanol–water partition coefficient (Wildman–Crippen LogP) is 5.82. The molecule has 7 nitrogen and oxygen atoms in total. The summed E-state index contributed by atoms with van der Waals surface area (Å²) in [6.45, 7) is 1.59. The van der Waals surface area contributed by atoms with Crippen LogP contribution in [-0.4, -0.2) is 21.2 Å². The Morgan fingerprint density at radius 2 is 2.00 bits per heavy atom. The lowest BCUT2D eigenvalue weighted by Gasteiger charge is -2.03. The molecule has 0 fully saturated rings. The van der Waals surface area contributed by atoms with Gasteiger partial charge in [-0.25, -0.2) is 4.98 Å². The molecule has 0 unspecified atom stereocenters. The van der Waals surface area contributed by atoms with E-state index in [2.05, 4.69) is 9.98 Å². The summed E-state index contributed by atoms with van der Waals surface area (Å²) in [5.41, 5.74) is 2.96. The average Bonchev–Trinajstić information content (AvgIpc) is 3.12. The minimum absolute atomic E-state index is 0.0529. The molecular weight excluding hydrogens is 394 g/mol. The Kier molecular flexibility index (Phi) is 4.74. The molecule has 0 saturated carbocycles. The molecule has 4 aromatic rings. The number of fused-ring (bicyclic) bond motifs is 1. The smallest absolute Gasteiger partial charge is 0.270 e. The zero-order valence-electron chi connectivity index (χ0n) is 15.2. The van der Waals surface area contributed by atoms with E-state index in [1.165, 1.54) is 18.3 Å². The van der Waals surface area contributed by atoms with Crippen molar-refractivity contribution in [2.24, 2.45) is 4.99 Å². The predicted molar refractivity (Wildman–Crippen MR) is 111 cm³/mol. The maximum atomic E-state index is 11.0. The molecule has 3 aromatic carbocycles. The molecular formula is C21H14ClN3O4. The van der Waals surface area contributed by atoms with Crippen molar-refractivity contribution in [1.29, 1.82) is 0 Å². The molecule has 8 heteroatoms. The lowest BCUT2D eigenvalue weighted by atomic mass is 10.1. The van der Waals surface area contributed by atoms with Crippen LogP contribution in [0.5, 0.6) is 5.75 Å². The number of nitrogens with zero attached hydrogens (tertiary/aromatic N) is 3. The molecule has 0 aliphatic rings. The number of aromatic nitrogens is 1. The van der Waals surface area contributed by atoms with Gasteiger partial charge in [0, 0.05) is 23.9 Å². The minimum Gasteiger partial charge on any atom is -0.507 e. The van der Waals surface area contributed by atoms with Gasteiger partial charge in [0.2, 0.25) is 5.89 Å². The van der Waals surface area contributed by atoms with Crippen molar-refractivity contribution >= 4 is 40.3 Å². The highest BCUT2D eigenvalue weighted by atomic mass is 35.5. The number of phenolic OH excluding ortho intramolecular Hbond substituents is 1. The molecule has 0 aliphatic carbocycles. The van der Waals surface area contributed by atoms with E-state index in [4.69, 9.17) is 16.0 Å². The summed E-state index contributed by atoms with van der Waals surface area (Å²) in [6, 6.07) is 15.0. The summed E-state index contributed by atoms with van der Waals surface area (Å²) in [7, 11) is 0. The fourth-order valence-electron chi connectivity index (χ4n) is 2.88. The van der Waals surface area contributed by atoms with E-state index >= 15 is 0 Å². The van der Waals surface area contributed by atoms with Gasteiger partial charge in [-0.2, -0.15) is 0 Å². The van der Waals surface area contributed by atoms with Crippen LogP contribution in [0.1, 0.15) is 11.1 Å². The van der Waals surface area contributed by atoms with Crippen LogP contribution < -0.4 is 0 Å². The highest BCUT2D eigenvalue weighted by molar-refractivity contribution is 6.33. The molecule has 0 bridgehead atoms. The van der Waals surface area contributed by atoms with E-state index < -0.39 is 4.92 Å². The Balaban J connectivity index is 1.69. The normalized spacial score (nSPS) is 11.4. The van der Waals surface area contributed by atoms with Gasteiger partial charge in [0.25, 0.3) is 5.69 Å². The van der Waals surface area contributed by atoms with Gasteiger partial charge in [-0.05, 0) is 42.8 Å². The van der Waals surface area contributed by atoms with Crippen molar-refractivity contribution < 1.29 is 14.4 Å². The van der Waals surface area contributed by atoms with Crippen LogP contribution in [0.15, 0.2) is 64.0 Å². The van der Waals surface area contributed by atoms with E-state index in [1.54, 1.807) is 31.2 Å². The second kappa shape index (κ2) is 7.37. The number of aromatic hydroxyl groups is 1. The summed E-state index contributed by atoms with van der Waals surface area (Å²) in [5, 5.41) is 21.7. The van der Waals surface area contributed by atoms with E-state index in [0.717, 1.165) is 0 Å². The van der Waals surface area contributed by atoms with Crippen LogP contribution in [0.2, 0.25) is 5.02 Å². The Hall–Kier alpha value is -3.71. The van der Waals surface area contributed by atoms with Crippen LogP contribution in [0.4, 0.5) is 11.4 Å². The molecule has 144 valence electrons. The molecule has 1 aromatic heterocycles. The summed E-state index contributed by atoms with van der Waals surface area (Å²) >= 11 is 6.20. The molecule has 1 N–H and O–H groups in total. The number of oxazole rings is 1. The number of phenols is 1. The van der Waals surface area contributed by atoms with E-state index in [0.29, 0.717) is 38.8 Å². The zero-order valence-corrected chi connectivity index (χ0v) is 15.9. The Morgan fingerprint density at radius 1 is 1.21 bits per heavy atom. The van der Waals surface area contributed by atoms with Crippen molar-refractivity contribution in [3.8, 4) is 17.2 Å². The number of aliphatic imine (C=N–C) groups is 1. The average molecular weight is 408 g/mol. The number of non-ortho nitro benzene ring substituents is 1. The summed E-state index contributed by atoms with van der Waals surface area (Å²) in [5.74, 6) is 0.349. The monoisotopic (exact) mass is 407 g/mol. The number of halogens is 1. The highest BCUT2D eigenvalue weighted by Gasteiger charge is 2.13. The zero-order chi connectivity index (χ0) is 20.5. The number of nitro benzene ring substituents is 1. The van der Waals surface area contributed by atoms with Gasteiger partial charge in [-0.1, -0.05) is 23.7 Å². The van der Waals surface area contributed by atoms with Crippen molar-refractivity contribution in [1.82, 2.24) is 4.98 Å². The highest BCUT2D eigenvalue weighted by Crippen LogP contribution is 2.31. The number of hydrogen-bond donors (Lipinski definition) is 1. The van der Waals surface area contributed by atoms with E-state index in [1.807, 2.05) is 18.2 Å². The summed E-state index contributed by atoms with van der Waals surface area (Å²) in [6.07, 6.45) is 1.38. The molecule has 0 aliphatic heterocycles. The van der Waals surface area contributed by atoms with Gasteiger partial charge in [0.15, 0.2) is 5.58 Å². The van der Waals surface area contributed by atoms with Crippen LogP contribution in [0.3, 0.4) is 0 Å². The van der Waals surface area contributed by atoms with Crippen molar-refractivity contribution in [2.45, 2.75) is 6.92 Å². The third-order valence-electron chi connectivity index (χ3n) is 4.35. The fraction of sp³-hybridized carbons (Fsp3) is 0.0476. The molecule has 0 saturated heterocycles. The van der Waals surface area contributed by atoms with Crippen LogP contribution in [-0.2, 0) is 0 Å². The third kappa shape index (κ3) is 3.68. The second-order valence-electron chi connectivity index (χ2n) is 6.37. The number of nitro groups is 1. The van der Waals surface area contributed by atoms with E-state index in [-0.39, 0.29) is 17.0 Å². The van der Waals surface area contributed by atoms with Crippen molar-refractivity contribution in [3.05, 3.63) is 80.9 Å². The summed E-state index contributed by atoms with van der Waals surface area (Å²) < 4.78 is 5.77. The van der Waals surface area contributed by atoms with Crippen LogP contribution in [0.25, 0.3) is 22.6 Å². The molecule has 0 spiro atoms. The van der Waals surface area contributed by atoms with Gasteiger partial charge >= 0.3 is 0 Å². The number of hydrogen-bond acceptors (Lipinski definition) is 6. The molecule has 29 heavy (non-hydrogen) atoms. The van der Waals surface area contributed by atoms with Gasteiger partial charge in [-0.3, -0.25) is 15.1 Å². The van der Waals surface area contributed by atoms with Crippen molar-refractivity contribution in [2.75, 3.05) is 0 Å². The van der Waals surface area contributed by atoms with Crippen LogP contribution >= 0.6 is 11.6 Å². The Labute approximate surface area is 170 Å². The maximum Gasteiger partial charge on any atom is 0.270 e. The van der Waals surface area contributed by atoms with E-state index in [9.17, 15) is 15.2 Å². The summed E-state index contributed by atoms with van der Waals surface area (Å²) in [4.78, 5) is 19.3. The topological polar surface area (TPSA) is 102 Å². The lowest BCUT2D eigenvalue weighted by molar-refractivity contribution is -0.384. The molecule has 0 radical (unpaired) electrons. The quantitative estimate of drug-likeness (QED) is 0.261. The Morgan fingerprint density at radius 3 is 2.76 bits per heavy atom. The minimum atomic E-state index is -0.512. The number of benzene rings is 3. The standard InChI is InChI=1S/C21H14ClN3O4/c1-12-8-15(25(27)28)9-13(20(12)26)11-23-14-6-7-19-18(10-14)24-21(29-19)16-4-2-3-5-17(16)22/h2-11,26H,1H3. The molecule has 0 amide bonds. The van der Waals surface area contributed by atoms with Gasteiger partial charge < -0.3 is 9.52 Å². The first-order valence-corrected chi connectivity index (χ1v) is 8.98. The molecule has 0 atom stereocenters. The maximum absolute atomic E-state index is 11.0. The fourth-order valence-corrected chi connectivity index (χ4v) is 3.10. The first-order valence-electron chi connectivity index (χ1n) is 8.60. The van der Waals surface area contributed by atoms with Gasteiger partial charge in [0.1, 0.15) is 11.3 Å². The molecule has 4 rings (SSSR count). The Bertz CT molecular complexity index is 1280. The van der Waals surface area contributed by atoms with Gasteiger partial charge in [0.05, 0.1) is 21.2 Å². The first kappa shape index (κ1) is 18.6. The number of aryl methyl sites for hydroxylation is 1. The molecule has 1 heterocycles. The first-order chi connectivity index (χ1) is 13.9. The lowest BCUT2D eigenvalue weighted by Crippen LogP contribution is -1.93. The van der Waals surface area contributed by atoms with Gasteiger partial charge in [-0.15, -0.1) is 0 Å². The largest absolute Gasteiger partial charge is 0.507 e.